The van der Waals surface area contributed by atoms with Crippen LogP contribution in [0.15, 0.2) is 18.2 Å². The van der Waals surface area contributed by atoms with Gasteiger partial charge in [0.2, 0.25) is 0 Å². The molecule has 1 aliphatic rings. The van der Waals surface area contributed by atoms with E-state index in [9.17, 15) is 19.7 Å². The maximum Gasteiger partial charge on any atom is 0.331 e. The van der Waals surface area contributed by atoms with Crippen molar-refractivity contribution in [1.82, 2.24) is 5.32 Å². The Balaban J connectivity index is 2.29. The zero-order chi connectivity index (χ0) is 17.7. The van der Waals surface area contributed by atoms with Crippen LogP contribution in [0.4, 0.5) is 5.69 Å². The molecular formula is C16H20N2O6. The third kappa shape index (κ3) is 3.47. The van der Waals surface area contributed by atoms with Gasteiger partial charge in [0, 0.05) is 11.6 Å². The molecule has 0 aliphatic heterocycles. The van der Waals surface area contributed by atoms with Crippen LogP contribution in [-0.2, 0) is 9.53 Å². The number of nitrogens with zero attached hydrogens (tertiary/aromatic N) is 1. The molecule has 2 rings (SSSR count). The number of amides is 1. The molecule has 1 aromatic rings. The standard InChI is InChI=1S/C16H20N2O6/c1-23-13-7-6-11(10-12(13)18(21)22)14(19)17-16(15(20)24-2)8-4-3-5-9-16/h6-7,10H,3-5,8-9H2,1-2H3,(H,17,19). The third-order valence-corrected chi connectivity index (χ3v) is 4.27. The Morgan fingerprint density at radius 1 is 1.21 bits per heavy atom. The molecule has 8 nitrogen and oxygen atoms in total. The van der Waals surface area contributed by atoms with Crippen molar-refractivity contribution in [2.75, 3.05) is 14.2 Å². The molecule has 0 radical (unpaired) electrons. The minimum atomic E-state index is -1.07. The third-order valence-electron chi connectivity index (χ3n) is 4.27. The van der Waals surface area contributed by atoms with E-state index in [4.69, 9.17) is 9.47 Å². The number of nitrogens with one attached hydrogen (secondary N) is 1. The number of methoxy groups -OCH3 is 2. The summed E-state index contributed by atoms with van der Waals surface area (Å²) in [6, 6.07) is 3.93. The van der Waals surface area contributed by atoms with Crippen LogP contribution >= 0.6 is 0 Å². The van der Waals surface area contributed by atoms with Crippen LogP contribution in [0.5, 0.6) is 5.75 Å². The SMILES string of the molecule is COC(=O)C1(NC(=O)c2ccc(OC)c([N+](=O)[O-])c2)CCCCC1. The number of ether oxygens (including phenoxy) is 2. The molecule has 0 bridgehead atoms. The minimum Gasteiger partial charge on any atom is -0.490 e. The monoisotopic (exact) mass is 336 g/mol. The van der Waals surface area contributed by atoms with Crippen LogP contribution in [0.25, 0.3) is 0 Å². The summed E-state index contributed by atoms with van der Waals surface area (Å²) in [5.74, 6) is -0.969. The van der Waals surface area contributed by atoms with E-state index in [1.807, 2.05) is 0 Å². The lowest BCUT2D eigenvalue weighted by atomic mass is 9.81. The fourth-order valence-corrected chi connectivity index (χ4v) is 2.99. The summed E-state index contributed by atoms with van der Waals surface area (Å²) < 4.78 is 9.77. The predicted molar refractivity (Wildman–Crippen MR) is 84.9 cm³/mol. The molecule has 0 heterocycles. The highest BCUT2D eigenvalue weighted by Crippen LogP contribution is 2.31. The summed E-state index contributed by atoms with van der Waals surface area (Å²) in [5, 5.41) is 13.8. The number of rotatable bonds is 5. The van der Waals surface area contributed by atoms with Gasteiger partial charge in [0.15, 0.2) is 5.75 Å². The van der Waals surface area contributed by atoms with Crippen molar-refractivity contribution < 1.29 is 24.0 Å². The number of carbonyl (C=O) groups excluding carboxylic acids is 2. The summed E-state index contributed by atoms with van der Waals surface area (Å²) in [4.78, 5) is 35.2. The summed E-state index contributed by atoms with van der Waals surface area (Å²) in [6.07, 6.45) is 3.58. The van der Waals surface area contributed by atoms with Gasteiger partial charge in [-0.1, -0.05) is 19.3 Å². The Morgan fingerprint density at radius 3 is 2.42 bits per heavy atom. The second-order valence-electron chi connectivity index (χ2n) is 5.73. The number of esters is 1. The van der Waals surface area contributed by atoms with Crippen LogP contribution < -0.4 is 10.1 Å². The Hall–Kier alpha value is -2.64. The van der Waals surface area contributed by atoms with Crippen LogP contribution in [0.3, 0.4) is 0 Å². The second-order valence-corrected chi connectivity index (χ2v) is 5.73. The zero-order valence-corrected chi connectivity index (χ0v) is 13.7. The summed E-state index contributed by atoms with van der Waals surface area (Å²) in [7, 11) is 2.60. The fourth-order valence-electron chi connectivity index (χ4n) is 2.99. The number of nitro benzene ring substituents is 1. The molecule has 0 spiro atoms. The number of carbonyl (C=O) groups is 2. The largest absolute Gasteiger partial charge is 0.490 e. The lowest BCUT2D eigenvalue weighted by Gasteiger charge is -2.35. The summed E-state index contributed by atoms with van der Waals surface area (Å²) in [5.41, 5.74) is -1.28. The summed E-state index contributed by atoms with van der Waals surface area (Å²) >= 11 is 0. The van der Waals surface area contributed by atoms with E-state index in [0.717, 1.165) is 25.3 Å². The first kappa shape index (κ1) is 17.7. The molecule has 0 atom stereocenters. The van der Waals surface area contributed by atoms with Crippen LogP contribution in [-0.4, -0.2) is 36.6 Å². The molecule has 1 N–H and O–H groups in total. The van der Waals surface area contributed by atoms with Crippen molar-refractivity contribution in [1.29, 1.82) is 0 Å². The molecule has 1 amide bonds. The molecule has 24 heavy (non-hydrogen) atoms. The second kappa shape index (κ2) is 7.29. The molecule has 8 heteroatoms. The quantitative estimate of drug-likeness (QED) is 0.502. The number of hydrogen-bond donors (Lipinski definition) is 1. The van der Waals surface area contributed by atoms with E-state index < -0.39 is 22.3 Å². The molecule has 1 saturated carbocycles. The predicted octanol–water partition coefficient (Wildman–Crippen LogP) is 2.21. The highest BCUT2D eigenvalue weighted by atomic mass is 16.6. The van der Waals surface area contributed by atoms with E-state index in [1.54, 1.807) is 0 Å². The first-order valence-electron chi connectivity index (χ1n) is 7.67. The topological polar surface area (TPSA) is 108 Å². The van der Waals surface area contributed by atoms with Crippen molar-refractivity contribution in [2.24, 2.45) is 0 Å². The molecular weight excluding hydrogens is 316 g/mol. The highest BCUT2D eigenvalue weighted by Gasteiger charge is 2.42. The van der Waals surface area contributed by atoms with Gasteiger partial charge < -0.3 is 14.8 Å². The number of hydrogen-bond acceptors (Lipinski definition) is 6. The van der Waals surface area contributed by atoms with Crippen molar-refractivity contribution >= 4 is 17.6 Å². The van der Waals surface area contributed by atoms with Gasteiger partial charge >= 0.3 is 11.7 Å². The normalized spacial score (nSPS) is 16.1. The van der Waals surface area contributed by atoms with Gasteiger partial charge in [0.1, 0.15) is 5.54 Å². The smallest absolute Gasteiger partial charge is 0.331 e. The van der Waals surface area contributed by atoms with Crippen molar-refractivity contribution in [2.45, 2.75) is 37.6 Å². The van der Waals surface area contributed by atoms with Gasteiger partial charge in [-0.05, 0) is 25.0 Å². The first-order valence-corrected chi connectivity index (χ1v) is 7.67. The Bertz CT molecular complexity index is 652. The van der Waals surface area contributed by atoms with Crippen LogP contribution in [0, 0.1) is 10.1 Å². The highest BCUT2D eigenvalue weighted by molar-refractivity contribution is 5.99. The van der Waals surface area contributed by atoms with Gasteiger partial charge in [0.05, 0.1) is 19.1 Å². The van der Waals surface area contributed by atoms with Gasteiger partial charge in [-0.15, -0.1) is 0 Å². The first-order chi connectivity index (χ1) is 11.4. The minimum absolute atomic E-state index is 0.0666. The number of benzene rings is 1. The van der Waals surface area contributed by atoms with Gasteiger partial charge in [-0.25, -0.2) is 4.79 Å². The van der Waals surface area contributed by atoms with E-state index in [0.29, 0.717) is 12.8 Å². The van der Waals surface area contributed by atoms with Gasteiger partial charge in [-0.2, -0.15) is 0 Å². The molecule has 130 valence electrons. The van der Waals surface area contributed by atoms with E-state index >= 15 is 0 Å². The van der Waals surface area contributed by atoms with Crippen LogP contribution in [0.1, 0.15) is 42.5 Å². The van der Waals surface area contributed by atoms with Crippen molar-refractivity contribution in [3.63, 3.8) is 0 Å². The zero-order valence-electron chi connectivity index (χ0n) is 13.7. The Morgan fingerprint density at radius 2 is 1.88 bits per heavy atom. The lowest BCUT2D eigenvalue weighted by Crippen LogP contribution is -2.56. The maximum atomic E-state index is 12.5. The molecule has 1 fully saturated rings. The van der Waals surface area contributed by atoms with Gasteiger partial charge in [0.25, 0.3) is 5.91 Å². The molecule has 0 aromatic heterocycles. The average molecular weight is 336 g/mol. The van der Waals surface area contributed by atoms with Crippen LogP contribution in [0.2, 0.25) is 0 Å². The van der Waals surface area contributed by atoms with E-state index in [1.165, 1.54) is 26.4 Å². The van der Waals surface area contributed by atoms with Crippen molar-refractivity contribution in [3.8, 4) is 5.75 Å². The lowest BCUT2D eigenvalue weighted by molar-refractivity contribution is -0.385. The van der Waals surface area contributed by atoms with Crippen molar-refractivity contribution in [3.05, 3.63) is 33.9 Å². The van der Waals surface area contributed by atoms with E-state index in [-0.39, 0.29) is 17.0 Å². The molecule has 0 unspecified atom stereocenters. The molecule has 1 aromatic carbocycles. The maximum absolute atomic E-state index is 12.5. The number of nitro groups is 1. The Kier molecular flexibility index (Phi) is 5.38. The van der Waals surface area contributed by atoms with Gasteiger partial charge in [-0.3, -0.25) is 14.9 Å². The molecule has 1 aliphatic carbocycles. The van der Waals surface area contributed by atoms with E-state index in [2.05, 4.69) is 5.32 Å². The average Bonchev–Trinajstić information content (AvgIpc) is 2.60. The Labute approximate surface area is 139 Å². The molecule has 0 saturated heterocycles. The summed E-state index contributed by atoms with van der Waals surface area (Å²) in [6.45, 7) is 0. The fraction of sp³-hybridized carbons (Fsp3) is 0.500.